The summed E-state index contributed by atoms with van der Waals surface area (Å²) in [5, 5.41) is 3.24. The fraction of sp³-hybridized carbons (Fsp3) is 0.500. The summed E-state index contributed by atoms with van der Waals surface area (Å²) in [7, 11) is 1.73. The average molecular weight is 310 g/mol. The number of nitrogens with one attached hydrogen (secondary N) is 1. The first kappa shape index (κ1) is 18.1. The molecule has 0 bridgehead atoms. The second-order valence-corrected chi connectivity index (χ2v) is 4.25. The summed E-state index contributed by atoms with van der Waals surface area (Å²) in [6.45, 7) is 1.81. The van der Waals surface area contributed by atoms with E-state index in [1.165, 1.54) is 12.3 Å². The lowest BCUT2D eigenvalue weighted by molar-refractivity contribution is 0.0698. The first-order valence-corrected chi connectivity index (χ1v) is 5.77. The molecule has 1 aliphatic rings. The van der Waals surface area contributed by atoms with Crippen LogP contribution in [0, 0.1) is 5.82 Å². The zero-order valence-corrected chi connectivity index (χ0v) is 12.3. The highest BCUT2D eigenvalue weighted by Gasteiger charge is 2.24. The summed E-state index contributed by atoms with van der Waals surface area (Å²) in [4.78, 5) is 17.4. The van der Waals surface area contributed by atoms with E-state index in [0.29, 0.717) is 0 Å². The molecule has 19 heavy (non-hydrogen) atoms. The van der Waals surface area contributed by atoms with E-state index in [9.17, 15) is 9.18 Å². The van der Waals surface area contributed by atoms with E-state index in [1.54, 1.807) is 11.9 Å². The number of pyridine rings is 1. The summed E-state index contributed by atoms with van der Waals surface area (Å²) < 4.78 is 13.4. The molecule has 4 nitrogen and oxygen atoms in total. The minimum absolute atomic E-state index is 0. The topological polar surface area (TPSA) is 45.2 Å². The van der Waals surface area contributed by atoms with Crippen LogP contribution in [-0.2, 0) is 0 Å². The Morgan fingerprint density at radius 2 is 2.05 bits per heavy atom. The zero-order chi connectivity index (χ0) is 12.3. The van der Waals surface area contributed by atoms with Crippen molar-refractivity contribution in [3.8, 4) is 0 Å². The van der Waals surface area contributed by atoms with Gasteiger partial charge in [-0.05, 0) is 32.0 Å². The molecule has 0 spiro atoms. The molecule has 1 aromatic rings. The van der Waals surface area contributed by atoms with Crippen LogP contribution in [0.15, 0.2) is 18.5 Å². The number of piperidine rings is 1. The van der Waals surface area contributed by atoms with E-state index in [0.717, 1.165) is 32.1 Å². The summed E-state index contributed by atoms with van der Waals surface area (Å²) in [5.74, 6) is -0.824. The van der Waals surface area contributed by atoms with Crippen LogP contribution in [0.3, 0.4) is 0 Å². The summed E-state index contributed by atoms with van der Waals surface area (Å²) in [6.07, 6.45) is 4.33. The maximum absolute atomic E-state index is 13.4. The minimum atomic E-state index is -0.557. The molecule has 1 aromatic heterocycles. The number of amides is 1. The second kappa shape index (κ2) is 8.30. The molecule has 1 amide bonds. The van der Waals surface area contributed by atoms with Crippen LogP contribution >= 0.6 is 24.8 Å². The quantitative estimate of drug-likeness (QED) is 0.907. The Hall–Kier alpha value is -0.910. The fourth-order valence-corrected chi connectivity index (χ4v) is 2.10. The Bertz CT molecular complexity index is 414. The number of carbonyl (C=O) groups is 1. The van der Waals surface area contributed by atoms with Gasteiger partial charge < -0.3 is 10.2 Å². The third-order valence-corrected chi connectivity index (χ3v) is 3.18. The standard InChI is InChI=1S/C12H16FN3O.2ClH/c1-16(9-2-5-14-6-3-9)12(17)10-4-7-15-8-11(10)13;;/h4,7-9,14H,2-3,5-6H2,1H3;2*1H. The molecule has 108 valence electrons. The van der Waals surface area contributed by atoms with E-state index < -0.39 is 5.82 Å². The van der Waals surface area contributed by atoms with Crippen molar-refractivity contribution >= 4 is 30.7 Å². The molecular weight excluding hydrogens is 292 g/mol. The van der Waals surface area contributed by atoms with E-state index in [2.05, 4.69) is 10.3 Å². The van der Waals surface area contributed by atoms with Gasteiger partial charge in [0.2, 0.25) is 0 Å². The van der Waals surface area contributed by atoms with Crippen molar-refractivity contribution in [1.29, 1.82) is 0 Å². The lowest BCUT2D eigenvalue weighted by Crippen LogP contribution is -2.44. The molecule has 0 atom stereocenters. The molecule has 0 unspecified atom stereocenters. The molecular formula is C12H18Cl2FN3O. The molecule has 2 heterocycles. The van der Waals surface area contributed by atoms with Gasteiger partial charge in [0.05, 0.1) is 11.8 Å². The lowest BCUT2D eigenvalue weighted by atomic mass is 10.0. The molecule has 1 aliphatic heterocycles. The Kier molecular flexibility index (Phi) is 7.90. The molecule has 7 heteroatoms. The first-order valence-electron chi connectivity index (χ1n) is 5.77. The molecule has 0 radical (unpaired) electrons. The molecule has 0 saturated carbocycles. The summed E-state index contributed by atoms with van der Waals surface area (Å²) in [6, 6.07) is 1.62. The average Bonchev–Trinajstić information content (AvgIpc) is 2.39. The van der Waals surface area contributed by atoms with Crippen LogP contribution in [0.5, 0.6) is 0 Å². The Morgan fingerprint density at radius 1 is 1.42 bits per heavy atom. The third kappa shape index (κ3) is 4.30. The van der Waals surface area contributed by atoms with Crippen LogP contribution in [0.1, 0.15) is 23.2 Å². The van der Waals surface area contributed by atoms with Crippen molar-refractivity contribution in [2.45, 2.75) is 18.9 Å². The normalized spacial score (nSPS) is 15.1. The predicted molar refractivity (Wildman–Crippen MR) is 76.7 cm³/mol. The molecule has 0 aliphatic carbocycles. The van der Waals surface area contributed by atoms with Crippen molar-refractivity contribution in [3.63, 3.8) is 0 Å². The van der Waals surface area contributed by atoms with Crippen molar-refractivity contribution < 1.29 is 9.18 Å². The minimum Gasteiger partial charge on any atom is -0.339 e. The van der Waals surface area contributed by atoms with E-state index in [1.807, 2.05) is 0 Å². The number of aromatic nitrogens is 1. The van der Waals surface area contributed by atoms with Crippen molar-refractivity contribution in [1.82, 2.24) is 15.2 Å². The van der Waals surface area contributed by atoms with Gasteiger partial charge in [0.15, 0.2) is 5.82 Å². The highest BCUT2D eigenvalue weighted by atomic mass is 35.5. The molecule has 0 aromatic carbocycles. The molecule has 1 saturated heterocycles. The van der Waals surface area contributed by atoms with E-state index in [4.69, 9.17) is 0 Å². The maximum Gasteiger partial charge on any atom is 0.256 e. The van der Waals surface area contributed by atoms with Gasteiger partial charge in [0.25, 0.3) is 5.91 Å². The monoisotopic (exact) mass is 309 g/mol. The van der Waals surface area contributed by atoms with Gasteiger partial charge in [-0.15, -0.1) is 24.8 Å². The van der Waals surface area contributed by atoms with Gasteiger partial charge in [-0.3, -0.25) is 9.78 Å². The van der Waals surface area contributed by atoms with Crippen molar-refractivity contribution in [2.75, 3.05) is 20.1 Å². The van der Waals surface area contributed by atoms with Crippen molar-refractivity contribution in [3.05, 3.63) is 29.8 Å². The Labute approximate surface area is 124 Å². The summed E-state index contributed by atoms with van der Waals surface area (Å²) >= 11 is 0. The molecule has 2 rings (SSSR count). The number of nitrogens with zero attached hydrogens (tertiary/aromatic N) is 2. The van der Waals surface area contributed by atoms with Gasteiger partial charge in [-0.2, -0.15) is 0 Å². The van der Waals surface area contributed by atoms with Gasteiger partial charge in [-0.1, -0.05) is 0 Å². The van der Waals surface area contributed by atoms with E-state index >= 15 is 0 Å². The Balaban J connectivity index is 0.00000162. The van der Waals surface area contributed by atoms with Gasteiger partial charge >= 0.3 is 0 Å². The lowest BCUT2D eigenvalue weighted by Gasteiger charge is -2.31. The molecule has 1 fully saturated rings. The maximum atomic E-state index is 13.4. The first-order chi connectivity index (χ1) is 8.20. The highest BCUT2D eigenvalue weighted by molar-refractivity contribution is 5.94. The number of hydrogen-bond acceptors (Lipinski definition) is 3. The zero-order valence-electron chi connectivity index (χ0n) is 10.6. The number of carbonyl (C=O) groups excluding carboxylic acids is 1. The van der Waals surface area contributed by atoms with Crippen LogP contribution in [-0.4, -0.2) is 42.0 Å². The van der Waals surface area contributed by atoms with Crippen LogP contribution in [0.25, 0.3) is 0 Å². The predicted octanol–water partition coefficient (Wildman–Crippen LogP) is 1.89. The van der Waals surface area contributed by atoms with Gasteiger partial charge in [0.1, 0.15) is 0 Å². The van der Waals surface area contributed by atoms with Gasteiger partial charge in [0, 0.05) is 19.3 Å². The third-order valence-electron chi connectivity index (χ3n) is 3.18. The number of rotatable bonds is 2. The SMILES string of the molecule is CN(C(=O)c1ccncc1F)C1CCNCC1.Cl.Cl. The van der Waals surface area contributed by atoms with Crippen molar-refractivity contribution in [2.24, 2.45) is 0 Å². The second-order valence-electron chi connectivity index (χ2n) is 4.25. The Morgan fingerprint density at radius 3 is 2.63 bits per heavy atom. The van der Waals surface area contributed by atoms with Crippen LogP contribution in [0.2, 0.25) is 0 Å². The number of halogens is 3. The van der Waals surface area contributed by atoms with Gasteiger partial charge in [-0.25, -0.2) is 4.39 Å². The fourth-order valence-electron chi connectivity index (χ4n) is 2.10. The number of hydrogen-bond donors (Lipinski definition) is 1. The molecule has 1 N–H and O–H groups in total. The van der Waals surface area contributed by atoms with E-state index in [-0.39, 0.29) is 42.3 Å². The van der Waals surface area contributed by atoms with Crippen LogP contribution < -0.4 is 5.32 Å². The smallest absolute Gasteiger partial charge is 0.256 e. The largest absolute Gasteiger partial charge is 0.339 e. The summed E-state index contributed by atoms with van der Waals surface area (Å²) in [5.41, 5.74) is 0.0982. The van der Waals surface area contributed by atoms with Crippen LogP contribution in [0.4, 0.5) is 4.39 Å². The highest BCUT2D eigenvalue weighted by Crippen LogP contribution is 2.15.